The molecule has 0 spiro atoms. The summed E-state index contributed by atoms with van der Waals surface area (Å²) in [6.45, 7) is 11.4. The average molecular weight is 383 g/mol. The quantitative estimate of drug-likeness (QED) is 0.571. The second-order valence-electron chi connectivity index (χ2n) is 7.80. The van der Waals surface area contributed by atoms with Crippen LogP contribution < -0.4 is 10.6 Å². The standard InChI is InChI=1S/C22H34N6/c1-4-24-22(26-21-9-12-28(13-10-21)18(2)3)25-15-19-5-7-20(8-6-19)16-27-14-11-23-17-27/h5-8,11,14,17-18,21H,4,9-10,12-13,15-16H2,1-3H3,(H2,24,25,26). The van der Waals surface area contributed by atoms with E-state index in [1.54, 1.807) is 0 Å². The molecule has 3 rings (SSSR count). The smallest absolute Gasteiger partial charge is 0.191 e. The molecule has 1 aliphatic rings. The van der Waals surface area contributed by atoms with E-state index in [4.69, 9.17) is 4.99 Å². The molecule has 1 aromatic heterocycles. The molecular formula is C22H34N6. The van der Waals surface area contributed by atoms with Gasteiger partial charge in [0.05, 0.1) is 12.9 Å². The van der Waals surface area contributed by atoms with Crippen molar-refractivity contribution in [2.75, 3.05) is 19.6 Å². The molecule has 0 bridgehead atoms. The van der Waals surface area contributed by atoms with Crippen LogP contribution in [0.4, 0.5) is 0 Å². The van der Waals surface area contributed by atoms with Crippen molar-refractivity contribution >= 4 is 5.96 Å². The normalized spacial score (nSPS) is 16.5. The monoisotopic (exact) mass is 382 g/mol. The molecule has 6 heteroatoms. The zero-order valence-corrected chi connectivity index (χ0v) is 17.4. The van der Waals surface area contributed by atoms with Crippen LogP contribution in [0.1, 0.15) is 44.7 Å². The number of hydrogen-bond acceptors (Lipinski definition) is 3. The highest BCUT2D eigenvalue weighted by Gasteiger charge is 2.21. The van der Waals surface area contributed by atoms with Crippen molar-refractivity contribution in [2.45, 2.75) is 58.8 Å². The highest BCUT2D eigenvalue weighted by atomic mass is 15.2. The first-order chi connectivity index (χ1) is 13.6. The Balaban J connectivity index is 1.52. The molecule has 0 amide bonds. The van der Waals surface area contributed by atoms with Crippen LogP contribution in [0.25, 0.3) is 0 Å². The molecule has 1 fully saturated rings. The van der Waals surface area contributed by atoms with Gasteiger partial charge in [-0.2, -0.15) is 0 Å². The SMILES string of the molecule is CCNC(=NCc1ccc(Cn2ccnc2)cc1)NC1CCN(C(C)C)CC1. The molecule has 0 saturated carbocycles. The summed E-state index contributed by atoms with van der Waals surface area (Å²) in [6.07, 6.45) is 7.98. The summed E-state index contributed by atoms with van der Waals surface area (Å²) in [5.74, 6) is 0.924. The van der Waals surface area contributed by atoms with Crippen LogP contribution in [0.15, 0.2) is 48.0 Å². The molecule has 2 N–H and O–H groups in total. The zero-order valence-electron chi connectivity index (χ0n) is 17.4. The number of aliphatic imine (C=N–C) groups is 1. The second-order valence-corrected chi connectivity index (χ2v) is 7.80. The van der Waals surface area contributed by atoms with E-state index < -0.39 is 0 Å². The lowest BCUT2D eigenvalue weighted by atomic mass is 10.0. The number of likely N-dealkylation sites (tertiary alicyclic amines) is 1. The molecule has 152 valence electrons. The molecule has 1 saturated heterocycles. The van der Waals surface area contributed by atoms with Gasteiger partial charge in [0, 0.05) is 50.7 Å². The van der Waals surface area contributed by atoms with Crippen LogP contribution in [0.2, 0.25) is 0 Å². The second kappa shape index (κ2) is 10.3. The Kier molecular flexibility index (Phi) is 7.48. The Bertz CT molecular complexity index is 712. The van der Waals surface area contributed by atoms with Crippen LogP contribution in [-0.4, -0.2) is 52.1 Å². The number of imidazole rings is 1. The van der Waals surface area contributed by atoms with E-state index in [9.17, 15) is 0 Å². The van der Waals surface area contributed by atoms with Crippen LogP contribution in [0, 0.1) is 0 Å². The maximum Gasteiger partial charge on any atom is 0.191 e. The van der Waals surface area contributed by atoms with Gasteiger partial charge in [0.2, 0.25) is 0 Å². The minimum Gasteiger partial charge on any atom is -0.357 e. The number of benzene rings is 1. The van der Waals surface area contributed by atoms with E-state index in [2.05, 4.69) is 70.1 Å². The Morgan fingerprint density at radius 3 is 2.50 bits per heavy atom. The summed E-state index contributed by atoms with van der Waals surface area (Å²) in [4.78, 5) is 11.4. The minimum absolute atomic E-state index is 0.505. The van der Waals surface area contributed by atoms with Crippen molar-refractivity contribution in [3.8, 4) is 0 Å². The van der Waals surface area contributed by atoms with Crippen LogP contribution in [0.3, 0.4) is 0 Å². The first-order valence-corrected chi connectivity index (χ1v) is 10.5. The molecule has 0 radical (unpaired) electrons. The van der Waals surface area contributed by atoms with Gasteiger partial charge < -0.3 is 20.1 Å². The van der Waals surface area contributed by atoms with Crippen molar-refractivity contribution in [1.29, 1.82) is 0 Å². The number of rotatable bonds is 7. The predicted octanol–water partition coefficient (Wildman–Crippen LogP) is 2.86. The van der Waals surface area contributed by atoms with Crippen molar-refractivity contribution in [3.63, 3.8) is 0 Å². The fourth-order valence-electron chi connectivity index (χ4n) is 3.59. The summed E-state index contributed by atoms with van der Waals surface area (Å²) in [5.41, 5.74) is 2.49. The lowest BCUT2D eigenvalue weighted by molar-refractivity contribution is 0.167. The van der Waals surface area contributed by atoms with E-state index in [0.717, 1.165) is 32.1 Å². The fraction of sp³-hybridized carbons (Fsp3) is 0.545. The Hall–Kier alpha value is -2.34. The average Bonchev–Trinajstić information content (AvgIpc) is 3.21. The topological polar surface area (TPSA) is 57.5 Å². The van der Waals surface area contributed by atoms with E-state index in [-0.39, 0.29) is 0 Å². The summed E-state index contributed by atoms with van der Waals surface area (Å²) in [6, 6.07) is 9.82. The van der Waals surface area contributed by atoms with Gasteiger partial charge in [0.1, 0.15) is 0 Å². The highest BCUT2D eigenvalue weighted by Crippen LogP contribution is 2.13. The minimum atomic E-state index is 0.505. The first-order valence-electron chi connectivity index (χ1n) is 10.5. The molecule has 1 aromatic carbocycles. The first kappa shape index (κ1) is 20.4. The van der Waals surface area contributed by atoms with Gasteiger partial charge in [-0.15, -0.1) is 0 Å². The number of piperidine rings is 1. The lowest BCUT2D eigenvalue weighted by Gasteiger charge is -2.35. The number of aromatic nitrogens is 2. The van der Waals surface area contributed by atoms with Gasteiger partial charge in [-0.3, -0.25) is 0 Å². The number of nitrogens with zero attached hydrogens (tertiary/aromatic N) is 4. The van der Waals surface area contributed by atoms with E-state index in [1.807, 2.05) is 18.7 Å². The molecule has 2 heterocycles. The molecule has 2 aromatic rings. The van der Waals surface area contributed by atoms with Gasteiger partial charge in [-0.1, -0.05) is 24.3 Å². The Morgan fingerprint density at radius 2 is 1.89 bits per heavy atom. The molecule has 1 aliphatic heterocycles. The Morgan fingerprint density at radius 1 is 1.18 bits per heavy atom. The third kappa shape index (κ3) is 6.09. The molecule has 0 aliphatic carbocycles. The van der Waals surface area contributed by atoms with Gasteiger partial charge in [-0.05, 0) is 44.7 Å². The predicted molar refractivity (Wildman–Crippen MR) is 115 cm³/mol. The van der Waals surface area contributed by atoms with Crippen LogP contribution in [0.5, 0.6) is 0 Å². The zero-order chi connectivity index (χ0) is 19.8. The van der Waals surface area contributed by atoms with Crippen LogP contribution in [-0.2, 0) is 13.1 Å². The molecular weight excluding hydrogens is 348 g/mol. The third-order valence-corrected chi connectivity index (χ3v) is 5.31. The van der Waals surface area contributed by atoms with Crippen molar-refractivity contribution in [3.05, 3.63) is 54.1 Å². The fourth-order valence-corrected chi connectivity index (χ4v) is 3.59. The largest absolute Gasteiger partial charge is 0.357 e. The Labute approximate surface area is 169 Å². The number of hydrogen-bond donors (Lipinski definition) is 2. The highest BCUT2D eigenvalue weighted by molar-refractivity contribution is 5.80. The van der Waals surface area contributed by atoms with Crippen molar-refractivity contribution in [1.82, 2.24) is 25.1 Å². The lowest BCUT2D eigenvalue weighted by Crippen LogP contribution is -2.49. The molecule has 0 unspecified atom stereocenters. The van der Waals surface area contributed by atoms with Crippen molar-refractivity contribution in [2.24, 2.45) is 4.99 Å². The van der Waals surface area contributed by atoms with Crippen LogP contribution >= 0.6 is 0 Å². The summed E-state index contributed by atoms with van der Waals surface area (Å²) >= 11 is 0. The van der Waals surface area contributed by atoms with Gasteiger partial charge in [0.15, 0.2) is 5.96 Å². The number of nitrogens with one attached hydrogen (secondary N) is 2. The van der Waals surface area contributed by atoms with Gasteiger partial charge in [0.25, 0.3) is 0 Å². The van der Waals surface area contributed by atoms with Gasteiger partial charge >= 0.3 is 0 Å². The number of guanidine groups is 1. The van der Waals surface area contributed by atoms with E-state index >= 15 is 0 Å². The maximum atomic E-state index is 4.80. The third-order valence-electron chi connectivity index (χ3n) is 5.31. The summed E-state index contributed by atoms with van der Waals surface area (Å²) in [7, 11) is 0. The van der Waals surface area contributed by atoms with Gasteiger partial charge in [-0.25, -0.2) is 9.98 Å². The summed E-state index contributed by atoms with van der Waals surface area (Å²) in [5, 5.41) is 7.02. The molecule has 0 atom stereocenters. The molecule has 28 heavy (non-hydrogen) atoms. The van der Waals surface area contributed by atoms with E-state index in [1.165, 1.54) is 24.0 Å². The van der Waals surface area contributed by atoms with E-state index in [0.29, 0.717) is 18.6 Å². The summed E-state index contributed by atoms with van der Waals surface area (Å²) < 4.78 is 2.07. The van der Waals surface area contributed by atoms with Crippen molar-refractivity contribution < 1.29 is 0 Å². The molecule has 6 nitrogen and oxygen atoms in total. The maximum absolute atomic E-state index is 4.80.